The van der Waals surface area contributed by atoms with Crippen LogP contribution in [0.15, 0.2) is 0 Å². The maximum atomic E-state index is 10.2. The molecule has 0 N–H and O–H groups in total. The van der Waals surface area contributed by atoms with E-state index in [9.17, 15) is 4.79 Å². The molecule has 0 bridgehead atoms. The van der Waals surface area contributed by atoms with E-state index in [4.69, 9.17) is 5.26 Å². The van der Waals surface area contributed by atoms with Crippen LogP contribution in [0, 0.1) is 11.3 Å². The standard InChI is InChI=1S/C5H7NO2.ClH/c1-2-8-5(7)3-4-6;/h2-3H2,1H3;1H. The smallest absolute Gasteiger partial charge is 0.320 e. The molecule has 3 nitrogen and oxygen atoms in total. The number of nitriles is 1. The van der Waals surface area contributed by atoms with Gasteiger partial charge in [0.05, 0.1) is 12.7 Å². The Bertz CT molecular complexity index is 119. The molecule has 0 rings (SSSR count). The van der Waals surface area contributed by atoms with Crippen LogP contribution < -0.4 is 0 Å². The van der Waals surface area contributed by atoms with Crippen LogP contribution >= 0.6 is 12.4 Å². The summed E-state index contributed by atoms with van der Waals surface area (Å²) in [7, 11) is 0. The van der Waals surface area contributed by atoms with Crippen LogP contribution in [0.1, 0.15) is 13.3 Å². The fourth-order valence-corrected chi connectivity index (χ4v) is 0.277. The van der Waals surface area contributed by atoms with Gasteiger partial charge in [0.25, 0.3) is 0 Å². The van der Waals surface area contributed by atoms with Crippen molar-refractivity contribution in [3.8, 4) is 6.07 Å². The van der Waals surface area contributed by atoms with Crippen LogP contribution in [-0.2, 0) is 9.53 Å². The molecule has 0 aromatic carbocycles. The van der Waals surface area contributed by atoms with Crippen LogP contribution in [0.25, 0.3) is 0 Å². The number of halogens is 1. The molecule has 0 aromatic rings. The average Bonchev–Trinajstić information content (AvgIpc) is 1.68. The molecule has 0 heterocycles. The monoisotopic (exact) mass is 149 g/mol. The topological polar surface area (TPSA) is 50.1 Å². The Kier molecular flexibility index (Phi) is 8.94. The minimum atomic E-state index is -0.449. The number of carbonyl (C=O) groups is 1. The number of hydrogen-bond donors (Lipinski definition) is 0. The molecule has 0 saturated carbocycles. The first-order valence-corrected chi connectivity index (χ1v) is 2.33. The molecule has 0 aliphatic rings. The maximum Gasteiger partial charge on any atom is 0.320 e. The van der Waals surface area contributed by atoms with Gasteiger partial charge in [0.2, 0.25) is 0 Å². The average molecular weight is 150 g/mol. The zero-order chi connectivity index (χ0) is 6.41. The number of hydrogen-bond acceptors (Lipinski definition) is 3. The highest BCUT2D eigenvalue weighted by Crippen LogP contribution is 1.81. The summed E-state index contributed by atoms with van der Waals surface area (Å²) in [4.78, 5) is 10.2. The van der Waals surface area contributed by atoms with Gasteiger partial charge in [-0.15, -0.1) is 12.4 Å². The van der Waals surface area contributed by atoms with Crippen LogP contribution in [0.5, 0.6) is 0 Å². The lowest BCUT2D eigenvalue weighted by Gasteiger charge is -1.92. The summed E-state index contributed by atoms with van der Waals surface area (Å²) in [5.41, 5.74) is 0. The van der Waals surface area contributed by atoms with E-state index in [0.29, 0.717) is 6.61 Å². The van der Waals surface area contributed by atoms with Crippen molar-refractivity contribution >= 4 is 18.4 Å². The zero-order valence-electron chi connectivity index (χ0n) is 5.09. The predicted molar refractivity (Wildman–Crippen MR) is 34.1 cm³/mol. The molecule has 0 radical (unpaired) electrons. The first kappa shape index (κ1) is 11.1. The summed E-state index contributed by atoms with van der Waals surface area (Å²) in [6, 6.07) is 1.68. The highest BCUT2D eigenvalue weighted by Gasteiger charge is 1.95. The van der Waals surface area contributed by atoms with E-state index in [2.05, 4.69) is 4.74 Å². The number of carbonyl (C=O) groups excluding carboxylic acids is 1. The molecule has 0 aliphatic heterocycles. The maximum absolute atomic E-state index is 10.2. The Morgan fingerprint density at radius 3 is 2.67 bits per heavy atom. The van der Waals surface area contributed by atoms with Gasteiger partial charge >= 0.3 is 5.97 Å². The molecule has 0 atom stereocenters. The second-order valence-corrected chi connectivity index (χ2v) is 1.14. The lowest BCUT2D eigenvalue weighted by atomic mass is 10.5. The van der Waals surface area contributed by atoms with Crippen molar-refractivity contribution in [2.75, 3.05) is 6.61 Å². The first-order valence-electron chi connectivity index (χ1n) is 2.33. The summed E-state index contributed by atoms with van der Waals surface area (Å²) in [6.07, 6.45) is -0.145. The minimum absolute atomic E-state index is 0. The van der Waals surface area contributed by atoms with Crippen molar-refractivity contribution in [1.82, 2.24) is 0 Å². The number of esters is 1. The van der Waals surface area contributed by atoms with Crippen molar-refractivity contribution in [3.05, 3.63) is 0 Å². The lowest BCUT2D eigenvalue weighted by Crippen LogP contribution is -2.01. The summed E-state index contributed by atoms with van der Waals surface area (Å²) in [6.45, 7) is 2.05. The third-order valence-electron chi connectivity index (χ3n) is 0.529. The summed E-state index contributed by atoms with van der Waals surface area (Å²) < 4.78 is 4.42. The van der Waals surface area contributed by atoms with E-state index in [1.165, 1.54) is 0 Å². The van der Waals surface area contributed by atoms with Crippen LogP contribution in [-0.4, -0.2) is 12.6 Å². The van der Waals surface area contributed by atoms with Crippen LogP contribution in [0.3, 0.4) is 0 Å². The van der Waals surface area contributed by atoms with Gasteiger partial charge in [-0.05, 0) is 6.92 Å². The number of ether oxygens (including phenoxy) is 1. The largest absolute Gasteiger partial charge is 0.465 e. The molecular formula is C5H8ClNO2. The Hall–Kier alpha value is -0.750. The van der Waals surface area contributed by atoms with Gasteiger partial charge in [0, 0.05) is 0 Å². The van der Waals surface area contributed by atoms with Crippen LogP contribution in [0.2, 0.25) is 0 Å². The van der Waals surface area contributed by atoms with Crippen LogP contribution in [0.4, 0.5) is 0 Å². The molecule has 4 heteroatoms. The second kappa shape index (κ2) is 7.25. The molecule has 0 saturated heterocycles. The van der Waals surface area contributed by atoms with E-state index >= 15 is 0 Å². The lowest BCUT2D eigenvalue weighted by molar-refractivity contribution is -0.141. The molecule has 0 unspecified atom stereocenters. The molecule has 0 fully saturated rings. The molecule has 52 valence electrons. The Morgan fingerprint density at radius 1 is 1.78 bits per heavy atom. The Balaban J connectivity index is 0. The summed E-state index contributed by atoms with van der Waals surface area (Å²) >= 11 is 0. The summed E-state index contributed by atoms with van der Waals surface area (Å²) in [5.74, 6) is -0.449. The van der Waals surface area contributed by atoms with Crippen molar-refractivity contribution < 1.29 is 9.53 Å². The van der Waals surface area contributed by atoms with Gasteiger partial charge in [-0.1, -0.05) is 0 Å². The van der Waals surface area contributed by atoms with Gasteiger partial charge in [0.15, 0.2) is 0 Å². The van der Waals surface area contributed by atoms with Crippen molar-refractivity contribution in [3.63, 3.8) is 0 Å². The van der Waals surface area contributed by atoms with E-state index in [0.717, 1.165) is 0 Å². The normalized spacial score (nSPS) is 6.67. The number of rotatable bonds is 2. The van der Waals surface area contributed by atoms with E-state index in [1.54, 1.807) is 13.0 Å². The summed E-state index contributed by atoms with van der Waals surface area (Å²) in [5, 5.41) is 7.91. The third-order valence-corrected chi connectivity index (χ3v) is 0.529. The SMILES string of the molecule is CCOC(=O)CC#N.Cl. The molecule has 0 aromatic heterocycles. The zero-order valence-corrected chi connectivity index (χ0v) is 5.90. The molecule has 0 spiro atoms. The number of nitrogens with zero attached hydrogens (tertiary/aromatic N) is 1. The van der Waals surface area contributed by atoms with Crippen molar-refractivity contribution in [2.24, 2.45) is 0 Å². The van der Waals surface area contributed by atoms with Crippen molar-refractivity contribution in [1.29, 1.82) is 5.26 Å². The van der Waals surface area contributed by atoms with E-state index in [1.807, 2.05) is 0 Å². The molecular weight excluding hydrogens is 142 g/mol. The first-order chi connectivity index (χ1) is 3.81. The minimum Gasteiger partial charge on any atom is -0.465 e. The fraction of sp³-hybridized carbons (Fsp3) is 0.600. The highest BCUT2D eigenvalue weighted by molar-refractivity contribution is 5.85. The van der Waals surface area contributed by atoms with E-state index < -0.39 is 5.97 Å². The highest BCUT2D eigenvalue weighted by atomic mass is 35.5. The molecule has 0 aliphatic carbocycles. The predicted octanol–water partition coefficient (Wildman–Crippen LogP) is 0.885. The van der Waals surface area contributed by atoms with Crippen molar-refractivity contribution in [2.45, 2.75) is 13.3 Å². The van der Waals surface area contributed by atoms with Gasteiger partial charge in [-0.3, -0.25) is 4.79 Å². The quantitative estimate of drug-likeness (QED) is 0.548. The van der Waals surface area contributed by atoms with E-state index in [-0.39, 0.29) is 18.8 Å². The van der Waals surface area contributed by atoms with Gasteiger partial charge < -0.3 is 4.74 Å². The Morgan fingerprint density at radius 2 is 2.33 bits per heavy atom. The fourth-order valence-electron chi connectivity index (χ4n) is 0.277. The third kappa shape index (κ3) is 7.25. The van der Waals surface area contributed by atoms with Gasteiger partial charge in [-0.25, -0.2) is 0 Å². The Labute approximate surface area is 60.0 Å². The van der Waals surface area contributed by atoms with Gasteiger partial charge in [-0.2, -0.15) is 5.26 Å². The van der Waals surface area contributed by atoms with Gasteiger partial charge in [0.1, 0.15) is 6.42 Å². The second-order valence-electron chi connectivity index (χ2n) is 1.14. The molecule has 9 heavy (non-hydrogen) atoms. The molecule has 0 amide bonds.